The van der Waals surface area contributed by atoms with Crippen molar-refractivity contribution in [3.63, 3.8) is 0 Å². The number of hydrogen-bond donors (Lipinski definition) is 3. The van der Waals surface area contributed by atoms with Gasteiger partial charge in [-0.05, 0) is 49.9 Å². The molecule has 0 aromatic heterocycles. The SMILES string of the molecule is CC(CC(=O)Nc1ccc(O)c(F)c1)C1CCCNC1. The Bertz CT molecular complexity index is 473. The van der Waals surface area contributed by atoms with Gasteiger partial charge < -0.3 is 15.7 Å². The standard InChI is InChI=1S/C15H21FN2O2/c1-10(11-3-2-6-17-9-11)7-15(20)18-12-4-5-14(19)13(16)8-12/h4-5,8,10-11,17,19H,2-3,6-7,9H2,1H3,(H,18,20). The molecule has 1 aromatic carbocycles. The smallest absolute Gasteiger partial charge is 0.224 e. The fourth-order valence-electron chi connectivity index (χ4n) is 2.62. The maximum absolute atomic E-state index is 13.2. The highest BCUT2D eigenvalue weighted by molar-refractivity contribution is 5.90. The summed E-state index contributed by atoms with van der Waals surface area (Å²) in [6, 6.07) is 3.85. The van der Waals surface area contributed by atoms with Gasteiger partial charge in [0.15, 0.2) is 11.6 Å². The molecule has 0 aliphatic carbocycles. The summed E-state index contributed by atoms with van der Waals surface area (Å²) in [5, 5.41) is 15.1. The largest absolute Gasteiger partial charge is 0.505 e. The van der Waals surface area contributed by atoms with Crippen LogP contribution in [-0.2, 0) is 4.79 Å². The number of carbonyl (C=O) groups excluding carboxylic acids is 1. The van der Waals surface area contributed by atoms with Crippen LogP contribution < -0.4 is 10.6 Å². The van der Waals surface area contributed by atoms with Gasteiger partial charge in [-0.2, -0.15) is 0 Å². The maximum Gasteiger partial charge on any atom is 0.224 e. The van der Waals surface area contributed by atoms with Crippen molar-refractivity contribution in [3.8, 4) is 5.75 Å². The van der Waals surface area contributed by atoms with E-state index in [0.717, 1.165) is 32.0 Å². The van der Waals surface area contributed by atoms with Gasteiger partial charge in [0.05, 0.1) is 0 Å². The molecule has 1 amide bonds. The Morgan fingerprint density at radius 3 is 3.05 bits per heavy atom. The number of phenols is 1. The molecule has 1 fully saturated rings. The van der Waals surface area contributed by atoms with Gasteiger partial charge in [-0.1, -0.05) is 6.92 Å². The number of piperidine rings is 1. The summed E-state index contributed by atoms with van der Waals surface area (Å²) in [4.78, 5) is 11.9. The van der Waals surface area contributed by atoms with Crippen LogP contribution in [0.3, 0.4) is 0 Å². The van der Waals surface area contributed by atoms with E-state index in [1.807, 2.05) is 0 Å². The van der Waals surface area contributed by atoms with Crippen LogP contribution in [0.5, 0.6) is 5.75 Å². The number of benzene rings is 1. The summed E-state index contributed by atoms with van der Waals surface area (Å²) >= 11 is 0. The third kappa shape index (κ3) is 3.93. The lowest BCUT2D eigenvalue weighted by Gasteiger charge is -2.28. The second kappa shape index (κ2) is 6.70. The maximum atomic E-state index is 13.2. The van der Waals surface area contributed by atoms with Gasteiger partial charge in [-0.25, -0.2) is 4.39 Å². The van der Waals surface area contributed by atoms with Crippen molar-refractivity contribution in [2.75, 3.05) is 18.4 Å². The predicted molar refractivity (Wildman–Crippen MR) is 76.1 cm³/mol. The van der Waals surface area contributed by atoms with E-state index in [1.165, 1.54) is 12.1 Å². The van der Waals surface area contributed by atoms with E-state index in [9.17, 15) is 9.18 Å². The molecule has 1 aromatic rings. The van der Waals surface area contributed by atoms with Crippen LogP contribution in [0.1, 0.15) is 26.2 Å². The number of phenolic OH excluding ortho intramolecular Hbond substituents is 1. The number of hydrogen-bond acceptors (Lipinski definition) is 3. The molecule has 2 unspecified atom stereocenters. The lowest BCUT2D eigenvalue weighted by Crippen LogP contribution is -2.34. The fraction of sp³-hybridized carbons (Fsp3) is 0.533. The Hall–Kier alpha value is -1.62. The van der Waals surface area contributed by atoms with Gasteiger partial charge >= 0.3 is 0 Å². The van der Waals surface area contributed by atoms with E-state index >= 15 is 0 Å². The first-order chi connectivity index (χ1) is 9.56. The number of nitrogens with one attached hydrogen (secondary N) is 2. The Kier molecular flexibility index (Phi) is 4.95. The lowest BCUT2D eigenvalue weighted by molar-refractivity contribution is -0.117. The van der Waals surface area contributed by atoms with Crippen LogP contribution in [0, 0.1) is 17.7 Å². The minimum absolute atomic E-state index is 0.117. The van der Waals surface area contributed by atoms with Crippen molar-refractivity contribution >= 4 is 11.6 Å². The highest BCUT2D eigenvalue weighted by Crippen LogP contribution is 2.24. The minimum Gasteiger partial charge on any atom is -0.505 e. The molecule has 1 heterocycles. The van der Waals surface area contributed by atoms with Crippen molar-refractivity contribution in [1.29, 1.82) is 0 Å². The van der Waals surface area contributed by atoms with Gasteiger partial charge in [-0.3, -0.25) is 4.79 Å². The Labute approximate surface area is 118 Å². The van der Waals surface area contributed by atoms with Gasteiger partial charge in [0.25, 0.3) is 0 Å². The molecule has 2 rings (SSSR count). The zero-order valence-electron chi connectivity index (χ0n) is 11.7. The summed E-state index contributed by atoms with van der Waals surface area (Å²) < 4.78 is 13.2. The first kappa shape index (κ1) is 14.8. The molecule has 0 spiro atoms. The molecule has 0 bridgehead atoms. The number of amides is 1. The topological polar surface area (TPSA) is 61.4 Å². The molecule has 5 heteroatoms. The summed E-state index contributed by atoms with van der Waals surface area (Å²) in [7, 11) is 0. The molecule has 1 aliphatic rings. The fourth-order valence-corrected chi connectivity index (χ4v) is 2.62. The monoisotopic (exact) mass is 280 g/mol. The minimum atomic E-state index is -0.729. The first-order valence-corrected chi connectivity index (χ1v) is 7.05. The van der Waals surface area contributed by atoms with E-state index in [1.54, 1.807) is 0 Å². The number of aromatic hydroxyl groups is 1. The lowest BCUT2D eigenvalue weighted by atomic mass is 9.85. The zero-order valence-corrected chi connectivity index (χ0v) is 11.7. The highest BCUT2D eigenvalue weighted by Gasteiger charge is 2.22. The highest BCUT2D eigenvalue weighted by atomic mass is 19.1. The van der Waals surface area contributed by atoms with E-state index in [-0.39, 0.29) is 5.91 Å². The molecular formula is C15H21FN2O2. The van der Waals surface area contributed by atoms with Crippen LogP contribution in [0.25, 0.3) is 0 Å². The number of carbonyl (C=O) groups is 1. The molecule has 0 radical (unpaired) electrons. The Morgan fingerprint density at radius 2 is 2.40 bits per heavy atom. The summed E-state index contributed by atoms with van der Waals surface area (Å²) in [5.41, 5.74) is 0.374. The number of rotatable bonds is 4. The molecule has 110 valence electrons. The normalized spacial score (nSPS) is 20.4. The van der Waals surface area contributed by atoms with Crippen LogP contribution >= 0.6 is 0 Å². The average Bonchev–Trinajstić information content (AvgIpc) is 2.44. The molecule has 1 saturated heterocycles. The van der Waals surface area contributed by atoms with E-state index in [4.69, 9.17) is 5.11 Å². The van der Waals surface area contributed by atoms with E-state index < -0.39 is 11.6 Å². The number of halogens is 1. The van der Waals surface area contributed by atoms with E-state index in [0.29, 0.717) is 23.9 Å². The second-order valence-corrected chi connectivity index (χ2v) is 5.50. The van der Waals surface area contributed by atoms with Crippen molar-refractivity contribution < 1.29 is 14.3 Å². The quantitative estimate of drug-likeness (QED) is 0.743. The Balaban J connectivity index is 1.86. The molecule has 20 heavy (non-hydrogen) atoms. The van der Waals surface area contributed by atoms with Crippen LogP contribution in [0.4, 0.5) is 10.1 Å². The van der Waals surface area contributed by atoms with Crippen LogP contribution in [-0.4, -0.2) is 24.1 Å². The molecule has 2 atom stereocenters. The van der Waals surface area contributed by atoms with Gasteiger partial charge in [0.1, 0.15) is 0 Å². The third-order valence-corrected chi connectivity index (χ3v) is 3.88. The van der Waals surface area contributed by atoms with Crippen molar-refractivity contribution in [2.24, 2.45) is 11.8 Å². The van der Waals surface area contributed by atoms with Crippen LogP contribution in [0.2, 0.25) is 0 Å². The van der Waals surface area contributed by atoms with E-state index in [2.05, 4.69) is 17.6 Å². The van der Waals surface area contributed by atoms with Gasteiger partial charge in [-0.15, -0.1) is 0 Å². The van der Waals surface area contributed by atoms with Gasteiger partial charge in [0, 0.05) is 18.2 Å². The Morgan fingerprint density at radius 1 is 1.60 bits per heavy atom. The van der Waals surface area contributed by atoms with Crippen molar-refractivity contribution in [3.05, 3.63) is 24.0 Å². The summed E-state index contributed by atoms with van der Waals surface area (Å²) in [5.74, 6) is -0.444. The molecule has 1 aliphatic heterocycles. The first-order valence-electron chi connectivity index (χ1n) is 7.05. The average molecular weight is 280 g/mol. The third-order valence-electron chi connectivity index (χ3n) is 3.88. The summed E-state index contributed by atoms with van der Waals surface area (Å²) in [6.07, 6.45) is 2.73. The second-order valence-electron chi connectivity index (χ2n) is 5.50. The molecule has 3 N–H and O–H groups in total. The molecular weight excluding hydrogens is 259 g/mol. The van der Waals surface area contributed by atoms with Crippen molar-refractivity contribution in [1.82, 2.24) is 5.32 Å². The van der Waals surface area contributed by atoms with Crippen molar-refractivity contribution in [2.45, 2.75) is 26.2 Å². The van der Waals surface area contributed by atoms with Gasteiger partial charge in [0.2, 0.25) is 5.91 Å². The zero-order chi connectivity index (χ0) is 14.5. The molecule has 0 saturated carbocycles. The molecule has 4 nitrogen and oxygen atoms in total. The van der Waals surface area contributed by atoms with Crippen LogP contribution in [0.15, 0.2) is 18.2 Å². The number of anilines is 1. The predicted octanol–water partition coefficient (Wildman–Crippen LogP) is 2.50. The summed E-state index contributed by atoms with van der Waals surface area (Å²) in [6.45, 7) is 4.10.